The fourth-order valence-corrected chi connectivity index (χ4v) is 1.45. The summed E-state index contributed by atoms with van der Waals surface area (Å²) < 4.78 is 0. The third-order valence-corrected chi connectivity index (χ3v) is 1.95. The first kappa shape index (κ1) is 9.80. The molecule has 5 heteroatoms. The van der Waals surface area contributed by atoms with Gasteiger partial charge in [0.05, 0.1) is 4.92 Å². The maximum atomic E-state index is 10.6. The zero-order valence-corrected chi connectivity index (χ0v) is 8.05. The second-order valence-electron chi connectivity index (χ2n) is 2.65. The van der Waals surface area contributed by atoms with Gasteiger partial charge in [-0.05, 0) is 24.6 Å². The van der Waals surface area contributed by atoms with Crippen LogP contribution in [-0.2, 0) is 0 Å². The van der Waals surface area contributed by atoms with Crippen molar-refractivity contribution < 1.29 is 4.92 Å². The summed E-state index contributed by atoms with van der Waals surface area (Å²) in [6.45, 7) is 1.83. The first-order valence-corrected chi connectivity index (χ1v) is 4.06. The highest BCUT2D eigenvalue weighted by molar-refractivity contribution is 6.33. The summed E-state index contributed by atoms with van der Waals surface area (Å²) in [4.78, 5) is 10.1. The number of anilines is 1. The molecule has 4 nitrogen and oxygen atoms in total. The molecule has 0 amide bonds. The molecule has 1 rings (SSSR count). The number of nitrogens with zero attached hydrogens (tertiary/aromatic N) is 1. The van der Waals surface area contributed by atoms with Crippen molar-refractivity contribution in [3.8, 4) is 0 Å². The van der Waals surface area contributed by atoms with E-state index < -0.39 is 4.92 Å². The molecular weight excluding hydrogens is 192 g/mol. The number of aryl methyl sites for hydroxylation is 1. The van der Waals surface area contributed by atoms with Crippen molar-refractivity contribution in [1.82, 2.24) is 0 Å². The van der Waals surface area contributed by atoms with E-state index >= 15 is 0 Å². The van der Waals surface area contributed by atoms with Crippen molar-refractivity contribution >= 4 is 23.0 Å². The van der Waals surface area contributed by atoms with Crippen LogP contribution >= 0.6 is 11.6 Å². The molecule has 0 atom stereocenters. The fourth-order valence-electron chi connectivity index (χ4n) is 1.11. The molecule has 0 fully saturated rings. The van der Waals surface area contributed by atoms with Gasteiger partial charge in [-0.3, -0.25) is 10.1 Å². The summed E-state index contributed by atoms with van der Waals surface area (Å²) >= 11 is 5.73. The van der Waals surface area contributed by atoms with Crippen molar-refractivity contribution in [3.05, 3.63) is 32.8 Å². The highest BCUT2D eigenvalue weighted by atomic mass is 35.5. The number of rotatable bonds is 2. The summed E-state index contributed by atoms with van der Waals surface area (Å²) in [5.74, 6) is 0. The minimum Gasteiger partial charge on any atom is -0.383 e. The predicted octanol–water partition coefficient (Wildman–Crippen LogP) is 2.60. The SMILES string of the molecule is CNc1cc(C)cc(Cl)c1[N+](=O)[O-]. The lowest BCUT2D eigenvalue weighted by molar-refractivity contribution is -0.383. The van der Waals surface area contributed by atoms with E-state index in [2.05, 4.69) is 5.32 Å². The number of halogens is 1. The van der Waals surface area contributed by atoms with Crippen molar-refractivity contribution in [1.29, 1.82) is 0 Å². The molecule has 0 aliphatic heterocycles. The third-order valence-electron chi connectivity index (χ3n) is 1.66. The summed E-state index contributed by atoms with van der Waals surface area (Å²) in [5.41, 5.74) is 1.25. The van der Waals surface area contributed by atoms with Crippen LogP contribution in [-0.4, -0.2) is 12.0 Å². The van der Waals surface area contributed by atoms with Gasteiger partial charge in [-0.15, -0.1) is 0 Å². The zero-order valence-electron chi connectivity index (χ0n) is 7.30. The van der Waals surface area contributed by atoms with E-state index in [0.717, 1.165) is 5.56 Å². The Morgan fingerprint density at radius 1 is 1.54 bits per heavy atom. The normalized spacial score (nSPS) is 9.77. The van der Waals surface area contributed by atoms with Crippen molar-refractivity contribution in [2.24, 2.45) is 0 Å². The van der Waals surface area contributed by atoms with E-state index in [1.54, 1.807) is 19.2 Å². The van der Waals surface area contributed by atoms with Crippen molar-refractivity contribution in [2.45, 2.75) is 6.92 Å². The maximum absolute atomic E-state index is 10.6. The third kappa shape index (κ3) is 1.89. The molecule has 0 heterocycles. The van der Waals surface area contributed by atoms with Crippen LogP contribution in [0.1, 0.15) is 5.56 Å². The van der Waals surface area contributed by atoms with Crippen LogP contribution in [0, 0.1) is 17.0 Å². The van der Waals surface area contributed by atoms with Gasteiger partial charge in [0.15, 0.2) is 0 Å². The van der Waals surface area contributed by atoms with Gasteiger partial charge in [0.25, 0.3) is 0 Å². The standard InChI is InChI=1S/C8H9ClN2O2/c1-5-3-6(9)8(11(12)13)7(4-5)10-2/h3-4,10H,1-2H3. The molecule has 0 spiro atoms. The van der Waals surface area contributed by atoms with Crippen molar-refractivity contribution in [3.63, 3.8) is 0 Å². The van der Waals surface area contributed by atoms with Gasteiger partial charge in [0, 0.05) is 7.05 Å². The number of nitro benzene ring substituents is 1. The molecule has 0 bridgehead atoms. The second-order valence-corrected chi connectivity index (χ2v) is 3.06. The fraction of sp³-hybridized carbons (Fsp3) is 0.250. The van der Waals surface area contributed by atoms with Gasteiger partial charge in [0.1, 0.15) is 10.7 Å². The van der Waals surface area contributed by atoms with Gasteiger partial charge >= 0.3 is 5.69 Å². The number of benzene rings is 1. The van der Waals surface area contributed by atoms with Gasteiger partial charge in [-0.1, -0.05) is 11.6 Å². The van der Waals surface area contributed by atoms with E-state index in [0.29, 0.717) is 5.69 Å². The monoisotopic (exact) mass is 200 g/mol. The molecule has 0 radical (unpaired) electrons. The second kappa shape index (κ2) is 3.62. The van der Waals surface area contributed by atoms with E-state index in [1.807, 2.05) is 6.92 Å². The number of nitrogens with one attached hydrogen (secondary N) is 1. The van der Waals surface area contributed by atoms with Gasteiger partial charge in [-0.2, -0.15) is 0 Å². The lowest BCUT2D eigenvalue weighted by Crippen LogP contribution is -1.97. The Balaban J connectivity index is 3.38. The molecule has 0 unspecified atom stereocenters. The maximum Gasteiger partial charge on any atom is 0.310 e. The highest BCUT2D eigenvalue weighted by Gasteiger charge is 2.17. The molecule has 0 aliphatic rings. The Bertz CT molecular complexity index is 352. The minimum atomic E-state index is -0.492. The Morgan fingerprint density at radius 3 is 2.62 bits per heavy atom. The number of hydrogen-bond acceptors (Lipinski definition) is 3. The average molecular weight is 201 g/mol. The number of nitro groups is 1. The molecule has 13 heavy (non-hydrogen) atoms. The quantitative estimate of drug-likeness (QED) is 0.590. The smallest absolute Gasteiger partial charge is 0.310 e. The summed E-state index contributed by atoms with van der Waals surface area (Å²) in [6.07, 6.45) is 0. The van der Waals surface area contributed by atoms with E-state index in [9.17, 15) is 10.1 Å². The molecule has 1 aromatic carbocycles. The van der Waals surface area contributed by atoms with E-state index in [1.165, 1.54) is 0 Å². The van der Waals surface area contributed by atoms with Crippen LogP contribution in [0.5, 0.6) is 0 Å². The highest BCUT2D eigenvalue weighted by Crippen LogP contribution is 2.33. The largest absolute Gasteiger partial charge is 0.383 e. The zero-order chi connectivity index (χ0) is 10.0. The Labute approximate surface area is 80.7 Å². The molecule has 0 saturated carbocycles. The molecule has 70 valence electrons. The van der Waals surface area contributed by atoms with Gasteiger partial charge < -0.3 is 5.32 Å². The molecule has 0 saturated heterocycles. The summed E-state index contributed by atoms with van der Waals surface area (Å²) in [6, 6.07) is 3.25. The van der Waals surface area contributed by atoms with Crippen LogP contribution < -0.4 is 5.32 Å². The molecular formula is C8H9ClN2O2. The Kier molecular flexibility index (Phi) is 2.72. The number of hydrogen-bond donors (Lipinski definition) is 1. The van der Waals surface area contributed by atoms with Crippen LogP contribution in [0.2, 0.25) is 5.02 Å². The van der Waals surface area contributed by atoms with Crippen molar-refractivity contribution in [2.75, 3.05) is 12.4 Å². The van der Waals surface area contributed by atoms with Gasteiger partial charge in [-0.25, -0.2) is 0 Å². The van der Waals surface area contributed by atoms with Gasteiger partial charge in [0.2, 0.25) is 0 Å². The molecule has 0 aromatic heterocycles. The lowest BCUT2D eigenvalue weighted by Gasteiger charge is -2.04. The average Bonchev–Trinajstić information content (AvgIpc) is 2.01. The molecule has 0 aliphatic carbocycles. The first-order valence-electron chi connectivity index (χ1n) is 3.68. The lowest BCUT2D eigenvalue weighted by atomic mass is 10.2. The molecule has 1 N–H and O–H groups in total. The van der Waals surface area contributed by atoms with Crippen LogP contribution in [0.4, 0.5) is 11.4 Å². The summed E-state index contributed by atoms with van der Waals surface area (Å²) in [7, 11) is 1.62. The molecule has 1 aromatic rings. The van der Waals surface area contributed by atoms with E-state index in [4.69, 9.17) is 11.6 Å². The predicted molar refractivity (Wildman–Crippen MR) is 52.4 cm³/mol. The van der Waals surface area contributed by atoms with Crippen LogP contribution in [0.15, 0.2) is 12.1 Å². The van der Waals surface area contributed by atoms with E-state index in [-0.39, 0.29) is 10.7 Å². The minimum absolute atomic E-state index is 0.0743. The first-order chi connectivity index (χ1) is 6.06. The topological polar surface area (TPSA) is 55.2 Å². The Hall–Kier alpha value is -1.29. The van der Waals surface area contributed by atoms with Crippen LogP contribution in [0.25, 0.3) is 0 Å². The Morgan fingerprint density at radius 2 is 2.15 bits per heavy atom. The van der Waals surface area contributed by atoms with Crippen LogP contribution in [0.3, 0.4) is 0 Å². The summed E-state index contributed by atoms with van der Waals surface area (Å²) in [5, 5.41) is 13.5.